The number of nitrogens with one attached hydrogen (secondary N) is 1. The lowest BCUT2D eigenvalue weighted by atomic mass is 10.1. The summed E-state index contributed by atoms with van der Waals surface area (Å²) in [6, 6.07) is 6.62. The topological polar surface area (TPSA) is 94.2 Å². The highest BCUT2D eigenvalue weighted by molar-refractivity contribution is 6.30. The van der Waals surface area contributed by atoms with E-state index in [-0.39, 0.29) is 23.5 Å². The monoisotopic (exact) mass is 416 g/mol. The van der Waals surface area contributed by atoms with Crippen molar-refractivity contribution in [1.29, 1.82) is 0 Å². The molecule has 1 aliphatic heterocycles. The van der Waals surface area contributed by atoms with Crippen molar-refractivity contribution < 1.29 is 4.79 Å². The van der Waals surface area contributed by atoms with E-state index in [1.165, 1.54) is 11.6 Å². The number of hydrogen-bond acceptors (Lipinski definition) is 6. The molecule has 0 radical (unpaired) electrons. The van der Waals surface area contributed by atoms with Gasteiger partial charge >= 0.3 is 5.69 Å². The number of rotatable bonds is 4. The van der Waals surface area contributed by atoms with Gasteiger partial charge in [-0.15, -0.1) is 0 Å². The number of Topliss-reactive ketones (excluding diaryl/α,β-unsaturated/α-hetero) is 1. The Balaban J connectivity index is 1.89. The zero-order valence-electron chi connectivity index (χ0n) is 16.2. The standard InChI is InChI=1S/C19H21ClN6O3/c1-23-16-15(17(28)24(2)19(23)29)26(18(22-16)25-9-7-21-8-10-25)11-14(27)12-3-5-13(20)6-4-12/h3-6,21H,7-11H2,1-2H3. The Hall–Kier alpha value is -2.91. The second kappa shape index (κ2) is 7.49. The average Bonchev–Trinajstić information content (AvgIpc) is 3.11. The smallest absolute Gasteiger partial charge is 0.332 e. The molecule has 0 bridgehead atoms. The van der Waals surface area contributed by atoms with Crippen LogP contribution in [0.25, 0.3) is 11.2 Å². The molecule has 1 aromatic carbocycles. The normalized spacial score (nSPS) is 14.5. The molecule has 0 aliphatic carbocycles. The second-order valence-corrected chi connectivity index (χ2v) is 7.48. The summed E-state index contributed by atoms with van der Waals surface area (Å²) in [7, 11) is 3.00. The number of carbonyl (C=O) groups is 1. The number of carbonyl (C=O) groups excluding carboxylic acids is 1. The lowest BCUT2D eigenvalue weighted by Gasteiger charge is -2.28. The molecule has 0 saturated carbocycles. The van der Waals surface area contributed by atoms with Gasteiger partial charge in [-0.3, -0.25) is 23.3 Å². The van der Waals surface area contributed by atoms with E-state index in [4.69, 9.17) is 11.6 Å². The van der Waals surface area contributed by atoms with Gasteiger partial charge in [0.2, 0.25) is 5.95 Å². The first-order valence-corrected chi connectivity index (χ1v) is 9.67. The fourth-order valence-corrected chi connectivity index (χ4v) is 3.69. The molecule has 0 atom stereocenters. The lowest BCUT2D eigenvalue weighted by molar-refractivity contribution is 0.0973. The highest BCUT2D eigenvalue weighted by Crippen LogP contribution is 2.21. The molecule has 9 nitrogen and oxygen atoms in total. The van der Waals surface area contributed by atoms with Gasteiger partial charge in [0, 0.05) is 50.9 Å². The number of aryl methyl sites for hydroxylation is 1. The third-order valence-corrected chi connectivity index (χ3v) is 5.45. The Bertz CT molecular complexity index is 1200. The van der Waals surface area contributed by atoms with Crippen LogP contribution in [0.4, 0.5) is 5.95 Å². The van der Waals surface area contributed by atoms with Gasteiger partial charge in [-0.25, -0.2) is 4.79 Å². The molecule has 1 N–H and O–H groups in total. The number of ketones is 1. The van der Waals surface area contributed by atoms with Crippen molar-refractivity contribution in [3.8, 4) is 0 Å². The Morgan fingerprint density at radius 2 is 1.76 bits per heavy atom. The lowest BCUT2D eigenvalue weighted by Crippen LogP contribution is -2.44. The molecule has 152 valence electrons. The maximum Gasteiger partial charge on any atom is 0.332 e. The molecule has 1 saturated heterocycles. The first-order valence-electron chi connectivity index (χ1n) is 9.29. The van der Waals surface area contributed by atoms with Crippen molar-refractivity contribution in [1.82, 2.24) is 24.0 Å². The first-order chi connectivity index (χ1) is 13.9. The van der Waals surface area contributed by atoms with E-state index in [2.05, 4.69) is 10.3 Å². The van der Waals surface area contributed by atoms with Gasteiger partial charge in [0.25, 0.3) is 5.56 Å². The van der Waals surface area contributed by atoms with E-state index in [1.54, 1.807) is 35.9 Å². The molecular formula is C19H21ClN6O3. The van der Waals surface area contributed by atoms with Gasteiger partial charge in [-0.2, -0.15) is 4.98 Å². The van der Waals surface area contributed by atoms with Crippen molar-refractivity contribution >= 4 is 34.5 Å². The van der Waals surface area contributed by atoms with Crippen molar-refractivity contribution in [2.75, 3.05) is 31.1 Å². The summed E-state index contributed by atoms with van der Waals surface area (Å²) in [5.41, 5.74) is 0.0778. The van der Waals surface area contributed by atoms with Crippen LogP contribution in [0.2, 0.25) is 5.02 Å². The molecule has 3 aromatic rings. The Labute approximate surface area is 171 Å². The van der Waals surface area contributed by atoms with Crippen molar-refractivity contribution in [2.24, 2.45) is 14.1 Å². The number of nitrogens with zero attached hydrogens (tertiary/aromatic N) is 5. The Morgan fingerprint density at radius 1 is 1.10 bits per heavy atom. The number of benzene rings is 1. The number of halogens is 1. The van der Waals surface area contributed by atoms with E-state index in [9.17, 15) is 14.4 Å². The van der Waals surface area contributed by atoms with Crippen molar-refractivity contribution in [2.45, 2.75) is 6.54 Å². The first kappa shape index (κ1) is 19.4. The number of piperazine rings is 1. The minimum absolute atomic E-state index is 0.0646. The Kier molecular flexibility index (Phi) is 5.01. The van der Waals surface area contributed by atoms with Gasteiger partial charge in [0.1, 0.15) is 0 Å². The van der Waals surface area contributed by atoms with Crippen LogP contribution in [0.1, 0.15) is 10.4 Å². The molecule has 29 heavy (non-hydrogen) atoms. The van der Waals surface area contributed by atoms with Crippen LogP contribution in [0.15, 0.2) is 33.9 Å². The number of imidazole rings is 1. The van der Waals surface area contributed by atoms with Crippen LogP contribution in [-0.4, -0.2) is 50.6 Å². The van der Waals surface area contributed by atoms with E-state index < -0.39 is 11.2 Å². The maximum atomic E-state index is 13.0. The molecular weight excluding hydrogens is 396 g/mol. The van der Waals surface area contributed by atoms with Gasteiger partial charge in [-0.1, -0.05) is 11.6 Å². The van der Waals surface area contributed by atoms with Crippen LogP contribution in [0.3, 0.4) is 0 Å². The van der Waals surface area contributed by atoms with Crippen LogP contribution < -0.4 is 21.5 Å². The highest BCUT2D eigenvalue weighted by atomic mass is 35.5. The molecule has 0 spiro atoms. The largest absolute Gasteiger partial charge is 0.340 e. The predicted molar refractivity (Wildman–Crippen MR) is 111 cm³/mol. The molecule has 1 fully saturated rings. The summed E-state index contributed by atoms with van der Waals surface area (Å²) in [5.74, 6) is 0.343. The van der Waals surface area contributed by atoms with Crippen LogP contribution in [0, 0.1) is 0 Å². The van der Waals surface area contributed by atoms with Crippen LogP contribution in [-0.2, 0) is 20.6 Å². The summed E-state index contributed by atoms with van der Waals surface area (Å²) in [6.45, 7) is 2.85. The fraction of sp³-hybridized carbons (Fsp3) is 0.368. The maximum absolute atomic E-state index is 13.0. The van der Waals surface area contributed by atoms with E-state index in [0.29, 0.717) is 29.6 Å². The van der Waals surface area contributed by atoms with Crippen LogP contribution in [0.5, 0.6) is 0 Å². The molecule has 10 heteroatoms. The minimum Gasteiger partial charge on any atom is -0.340 e. The summed E-state index contributed by atoms with van der Waals surface area (Å²) in [6.07, 6.45) is 0. The fourth-order valence-electron chi connectivity index (χ4n) is 3.56. The van der Waals surface area contributed by atoms with Gasteiger partial charge in [0.05, 0.1) is 6.54 Å². The van der Waals surface area contributed by atoms with E-state index in [0.717, 1.165) is 17.7 Å². The van der Waals surface area contributed by atoms with E-state index >= 15 is 0 Å². The second-order valence-electron chi connectivity index (χ2n) is 7.04. The van der Waals surface area contributed by atoms with Crippen LogP contribution >= 0.6 is 11.6 Å². The summed E-state index contributed by atoms with van der Waals surface area (Å²) in [4.78, 5) is 44.8. The predicted octanol–water partition coefficient (Wildman–Crippen LogP) is 0.380. The number of fused-ring (bicyclic) bond motifs is 1. The molecule has 2 aromatic heterocycles. The molecule has 0 unspecified atom stereocenters. The molecule has 3 heterocycles. The summed E-state index contributed by atoms with van der Waals surface area (Å²) < 4.78 is 4.00. The molecule has 4 rings (SSSR count). The number of anilines is 1. The zero-order valence-corrected chi connectivity index (χ0v) is 16.9. The van der Waals surface area contributed by atoms with Gasteiger partial charge in [0.15, 0.2) is 16.9 Å². The quantitative estimate of drug-likeness (QED) is 0.618. The molecule has 0 amide bonds. The number of hydrogen-bond donors (Lipinski definition) is 1. The van der Waals surface area contributed by atoms with Crippen molar-refractivity contribution in [3.05, 3.63) is 55.7 Å². The highest BCUT2D eigenvalue weighted by Gasteiger charge is 2.25. The third-order valence-electron chi connectivity index (χ3n) is 5.20. The SMILES string of the molecule is Cn1c(=O)c2c(nc(N3CCNCC3)n2CC(=O)c2ccc(Cl)cc2)n(C)c1=O. The van der Waals surface area contributed by atoms with Crippen molar-refractivity contribution in [3.63, 3.8) is 0 Å². The average molecular weight is 417 g/mol. The number of aromatic nitrogens is 4. The third kappa shape index (κ3) is 3.36. The summed E-state index contributed by atoms with van der Waals surface area (Å²) >= 11 is 5.92. The Morgan fingerprint density at radius 3 is 2.41 bits per heavy atom. The van der Waals surface area contributed by atoms with Gasteiger partial charge < -0.3 is 10.2 Å². The summed E-state index contributed by atoms with van der Waals surface area (Å²) in [5, 5.41) is 3.81. The van der Waals surface area contributed by atoms with E-state index in [1.807, 2.05) is 4.90 Å². The minimum atomic E-state index is -0.471. The molecule has 1 aliphatic rings. The zero-order chi connectivity index (χ0) is 20.7. The van der Waals surface area contributed by atoms with Gasteiger partial charge in [-0.05, 0) is 24.3 Å².